The summed E-state index contributed by atoms with van der Waals surface area (Å²) in [5, 5.41) is 13.1. The largest absolute Gasteiger partial charge is 0.483 e. The number of aldehydes is 2. The smallest absolute Gasteiger partial charge is 0.290 e. The van der Waals surface area contributed by atoms with Crippen molar-refractivity contribution in [3.63, 3.8) is 0 Å². The number of carbonyl (C=O) groups excluding carboxylic acids is 3. The molecule has 1 aromatic rings. The molecule has 11 nitrogen and oxygen atoms in total. The van der Waals surface area contributed by atoms with Gasteiger partial charge in [0.1, 0.15) is 12.6 Å². The van der Waals surface area contributed by atoms with Gasteiger partial charge in [0.15, 0.2) is 0 Å². The summed E-state index contributed by atoms with van der Waals surface area (Å²) in [5.41, 5.74) is 4.56. The Morgan fingerprint density at radius 2 is 1.79 bits per heavy atom. The summed E-state index contributed by atoms with van der Waals surface area (Å²) in [6.45, 7) is 15.6. The molecule has 1 amide bonds. The van der Waals surface area contributed by atoms with Crippen LogP contribution in [0.2, 0.25) is 0 Å². The first-order chi connectivity index (χ1) is 22.6. The highest BCUT2D eigenvalue weighted by Crippen LogP contribution is 2.25. The topological polar surface area (TPSA) is 135 Å². The van der Waals surface area contributed by atoms with Crippen molar-refractivity contribution in [3.05, 3.63) is 53.3 Å². The number of allylic oxidation sites excluding steroid dienone is 3. The molecule has 1 unspecified atom stereocenters. The molecule has 262 valence electrons. The average molecular weight is 655 g/mol. The van der Waals surface area contributed by atoms with E-state index in [0.29, 0.717) is 25.3 Å². The number of anilines is 1. The quantitative estimate of drug-likeness (QED) is 0.305. The number of piperazine rings is 1. The summed E-state index contributed by atoms with van der Waals surface area (Å²) in [7, 11) is 3.75. The van der Waals surface area contributed by atoms with Gasteiger partial charge in [-0.05, 0) is 92.7 Å². The average Bonchev–Trinajstić information content (AvgIpc) is 3.03. The third-order valence-electron chi connectivity index (χ3n) is 8.19. The molecule has 1 aromatic carbocycles. The van der Waals surface area contributed by atoms with E-state index in [1.54, 1.807) is 0 Å². The number of rotatable bonds is 11. The second kappa shape index (κ2) is 23.5. The van der Waals surface area contributed by atoms with Crippen molar-refractivity contribution in [2.75, 3.05) is 64.8 Å². The summed E-state index contributed by atoms with van der Waals surface area (Å²) < 4.78 is 0. The number of carbonyl (C=O) groups is 4. The van der Waals surface area contributed by atoms with Crippen LogP contribution in [-0.2, 0) is 25.7 Å². The van der Waals surface area contributed by atoms with E-state index in [-0.39, 0.29) is 18.3 Å². The minimum Gasteiger partial charge on any atom is -0.483 e. The van der Waals surface area contributed by atoms with Crippen molar-refractivity contribution in [1.29, 1.82) is 0 Å². The van der Waals surface area contributed by atoms with Gasteiger partial charge in [-0.2, -0.15) is 0 Å². The third-order valence-corrected chi connectivity index (χ3v) is 8.19. The fraction of sp³-hybridized carbons (Fsp3) is 0.583. The second-order valence-corrected chi connectivity index (χ2v) is 12.9. The molecule has 11 heteroatoms. The highest BCUT2D eigenvalue weighted by Gasteiger charge is 2.22. The van der Waals surface area contributed by atoms with Crippen molar-refractivity contribution in [2.24, 2.45) is 16.3 Å². The van der Waals surface area contributed by atoms with Gasteiger partial charge in [-0.1, -0.05) is 32.9 Å². The lowest BCUT2D eigenvalue weighted by Crippen LogP contribution is -2.48. The van der Waals surface area contributed by atoms with Gasteiger partial charge in [0, 0.05) is 70.7 Å². The SMILES string of the molecule is CNC.Cc1ccc(N2CCN(CC3CCN=C/C(C(C)(C)C)=C\C=C\NCC3)CC2)cc1CN(C=O)[C@H](C=O)CCC=O.O=CO. The monoisotopic (exact) mass is 654 g/mol. The standard InChI is InChI=1S/C33H49N5O3.C2H7N.CH2O2/c1-27-9-10-31(21-29(27)24-38(26-41)32(25-40)8-6-20-39)37-18-16-36(17-19-37)23-28-11-14-34-13-5-7-30(33(2,3)4)22-35-15-12-28;1-3-2;2-1-3/h5,7,9-10,13,20-22,25-26,28,32,34H,6,8,11-12,14-19,23-24H2,1-4H3;3H,1-2H3;1H,(H,2,3)/b13-5+,30-7+,35-22?;;/t28?,32-;;/m0../s1. The van der Waals surface area contributed by atoms with Crippen LogP contribution in [0.1, 0.15) is 57.6 Å². The van der Waals surface area contributed by atoms with Crippen LogP contribution in [-0.4, -0.2) is 113 Å². The molecule has 47 heavy (non-hydrogen) atoms. The summed E-state index contributed by atoms with van der Waals surface area (Å²) in [6, 6.07) is 5.80. The minimum atomic E-state index is -0.589. The molecule has 0 saturated carbocycles. The van der Waals surface area contributed by atoms with Crippen LogP contribution in [0.15, 0.2) is 47.1 Å². The normalized spacial score (nSPS) is 19.7. The summed E-state index contributed by atoms with van der Waals surface area (Å²) in [4.78, 5) is 53.8. The Kier molecular flexibility index (Phi) is 20.6. The fourth-order valence-corrected chi connectivity index (χ4v) is 5.38. The molecule has 1 saturated heterocycles. The number of amides is 1. The first-order valence-electron chi connectivity index (χ1n) is 16.5. The fourth-order valence-electron chi connectivity index (χ4n) is 5.38. The van der Waals surface area contributed by atoms with Crippen molar-refractivity contribution in [2.45, 2.75) is 66.0 Å². The molecule has 1 fully saturated rings. The Balaban J connectivity index is 0.00000171. The lowest BCUT2D eigenvalue weighted by atomic mass is 9.87. The summed E-state index contributed by atoms with van der Waals surface area (Å²) in [5.74, 6) is 0.589. The van der Waals surface area contributed by atoms with Crippen LogP contribution in [0.3, 0.4) is 0 Å². The van der Waals surface area contributed by atoms with Crippen LogP contribution >= 0.6 is 0 Å². The third kappa shape index (κ3) is 16.0. The van der Waals surface area contributed by atoms with E-state index < -0.39 is 6.04 Å². The first-order valence-corrected chi connectivity index (χ1v) is 16.5. The maximum atomic E-state index is 11.8. The Morgan fingerprint density at radius 1 is 1.11 bits per heavy atom. The molecule has 2 aliphatic heterocycles. The number of hydrogen-bond donors (Lipinski definition) is 3. The van der Waals surface area contributed by atoms with E-state index in [0.717, 1.165) is 88.0 Å². The van der Waals surface area contributed by atoms with E-state index in [9.17, 15) is 14.4 Å². The molecular weight excluding hydrogens is 596 g/mol. The highest BCUT2D eigenvalue weighted by molar-refractivity contribution is 5.80. The number of aryl methyl sites for hydroxylation is 1. The lowest BCUT2D eigenvalue weighted by molar-refractivity contribution is -0.126. The van der Waals surface area contributed by atoms with E-state index in [1.165, 1.54) is 10.5 Å². The van der Waals surface area contributed by atoms with E-state index in [4.69, 9.17) is 14.9 Å². The van der Waals surface area contributed by atoms with Gasteiger partial charge in [0.05, 0.1) is 6.04 Å². The summed E-state index contributed by atoms with van der Waals surface area (Å²) >= 11 is 0. The number of benzene rings is 1. The molecule has 3 N–H and O–H groups in total. The maximum Gasteiger partial charge on any atom is 0.290 e. The molecule has 3 rings (SSSR count). The predicted octanol–water partition coefficient (Wildman–Crippen LogP) is 3.72. The Labute approximate surface area is 282 Å². The molecule has 2 heterocycles. The van der Waals surface area contributed by atoms with Crippen molar-refractivity contribution in [1.82, 2.24) is 20.4 Å². The van der Waals surface area contributed by atoms with Gasteiger partial charge in [0.25, 0.3) is 6.47 Å². The number of aliphatic imine (C=N–C) groups is 1. The first kappa shape index (κ1) is 41.2. The van der Waals surface area contributed by atoms with E-state index in [1.807, 2.05) is 27.2 Å². The minimum absolute atomic E-state index is 0.0676. The Bertz CT molecular complexity index is 1160. The van der Waals surface area contributed by atoms with Gasteiger partial charge in [0.2, 0.25) is 6.41 Å². The highest BCUT2D eigenvalue weighted by atomic mass is 16.3. The van der Waals surface area contributed by atoms with Crippen LogP contribution in [0.4, 0.5) is 5.69 Å². The zero-order valence-electron chi connectivity index (χ0n) is 29.4. The zero-order chi connectivity index (χ0) is 35.1. The lowest BCUT2D eigenvalue weighted by Gasteiger charge is -2.38. The van der Waals surface area contributed by atoms with Crippen molar-refractivity contribution >= 4 is 37.4 Å². The van der Waals surface area contributed by atoms with Crippen LogP contribution in [0.5, 0.6) is 0 Å². The van der Waals surface area contributed by atoms with Crippen molar-refractivity contribution in [3.8, 4) is 0 Å². The molecular formula is C36H58N6O5. The summed E-state index contributed by atoms with van der Waals surface area (Å²) in [6.07, 6.45) is 13.4. The zero-order valence-corrected chi connectivity index (χ0v) is 29.4. The Hall–Kier alpha value is -3.83. The van der Waals surface area contributed by atoms with E-state index >= 15 is 0 Å². The number of nitrogens with zero attached hydrogens (tertiary/aromatic N) is 4. The van der Waals surface area contributed by atoms with E-state index in [2.05, 4.69) is 77.8 Å². The number of hydrogen-bond acceptors (Lipinski definition) is 9. The molecule has 0 radical (unpaired) electrons. The Morgan fingerprint density at radius 3 is 2.38 bits per heavy atom. The van der Waals surface area contributed by atoms with Crippen LogP contribution < -0.4 is 15.5 Å². The maximum absolute atomic E-state index is 11.8. The number of nitrogens with one attached hydrogen (secondary N) is 2. The van der Waals surface area contributed by atoms with Crippen LogP contribution in [0.25, 0.3) is 0 Å². The van der Waals surface area contributed by atoms with Crippen molar-refractivity contribution < 1.29 is 24.3 Å². The molecule has 0 spiro atoms. The predicted molar refractivity (Wildman–Crippen MR) is 191 cm³/mol. The second-order valence-electron chi connectivity index (χ2n) is 12.9. The van der Waals surface area contributed by atoms with Gasteiger partial charge in [-0.15, -0.1) is 0 Å². The molecule has 0 aliphatic carbocycles. The number of carboxylic acid groups (broad SMARTS) is 1. The molecule has 0 aromatic heterocycles. The van der Waals surface area contributed by atoms with Gasteiger partial charge < -0.3 is 35.1 Å². The molecule has 2 atom stereocenters. The molecule has 2 aliphatic rings. The molecule has 0 bridgehead atoms. The van der Waals surface area contributed by atoms with Gasteiger partial charge >= 0.3 is 0 Å². The van der Waals surface area contributed by atoms with Crippen LogP contribution in [0, 0.1) is 18.3 Å². The van der Waals surface area contributed by atoms with Gasteiger partial charge in [-0.3, -0.25) is 19.5 Å². The van der Waals surface area contributed by atoms with Gasteiger partial charge in [-0.25, -0.2) is 0 Å².